The summed E-state index contributed by atoms with van der Waals surface area (Å²) in [4.78, 5) is 12.0. The molecule has 2 aromatic rings. The Morgan fingerprint density at radius 2 is 2.14 bits per heavy atom. The minimum absolute atomic E-state index is 0.0284. The molecule has 4 rings (SSSR count). The van der Waals surface area contributed by atoms with Gasteiger partial charge in [-0.25, -0.2) is 9.37 Å². The topological polar surface area (TPSA) is 85.4 Å². The van der Waals surface area contributed by atoms with Crippen molar-refractivity contribution in [2.24, 2.45) is 10.4 Å². The highest BCUT2D eigenvalue weighted by molar-refractivity contribution is 6.29. The fraction of sp³-hybridized carbons (Fsp3) is 0.150. The van der Waals surface area contributed by atoms with Crippen molar-refractivity contribution in [3.05, 3.63) is 71.3 Å². The van der Waals surface area contributed by atoms with Gasteiger partial charge in [-0.3, -0.25) is 4.99 Å². The Kier molecular flexibility index (Phi) is 4.60. The highest BCUT2D eigenvalue weighted by Crippen LogP contribution is 2.40. The molecule has 2 heterocycles. The standard InChI is InChI=1S/C20H17ClFN5O/c1-20-7-8-24-11-12(20)3-2-4-16(20)28-15-6-5-13(9-14(15)22)25-18-10-17(21)26-19(23)27-18/h2-11,16H,1H3,(H3,23,25,26,27). The number of nitrogen functional groups attached to an aromatic ring is 1. The van der Waals surface area contributed by atoms with E-state index in [0.29, 0.717) is 11.5 Å². The zero-order chi connectivity index (χ0) is 19.7. The normalized spacial score (nSPS) is 22.5. The van der Waals surface area contributed by atoms with E-state index < -0.39 is 11.2 Å². The Labute approximate surface area is 166 Å². The van der Waals surface area contributed by atoms with Crippen LogP contribution in [0.25, 0.3) is 0 Å². The van der Waals surface area contributed by atoms with Gasteiger partial charge in [0.05, 0.1) is 5.41 Å². The zero-order valence-electron chi connectivity index (χ0n) is 14.9. The first-order valence-corrected chi connectivity index (χ1v) is 8.95. The van der Waals surface area contributed by atoms with Gasteiger partial charge in [0, 0.05) is 30.2 Å². The summed E-state index contributed by atoms with van der Waals surface area (Å²) in [5.74, 6) is 0.0499. The van der Waals surface area contributed by atoms with Crippen molar-refractivity contribution in [3.63, 3.8) is 0 Å². The van der Waals surface area contributed by atoms with Gasteiger partial charge in [-0.05, 0) is 30.7 Å². The Hall–Kier alpha value is -3.19. The summed E-state index contributed by atoms with van der Waals surface area (Å²) in [5.41, 5.74) is 6.66. The van der Waals surface area contributed by atoms with Gasteiger partial charge in [-0.2, -0.15) is 4.98 Å². The summed E-state index contributed by atoms with van der Waals surface area (Å²) in [6.45, 7) is 2.03. The van der Waals surface area contributed by atoms with E-state index in [-0.39, 0.29) is 23.0 Å². The molecule has 0 amide bonds. The summed E-state index contributed by atoms with van der Waals surface area (Å²) in [6.07, 6.45) is 10.9. The molecule has 0 fully saturated rings. The number of fused-ring (bicyclic) bond motifs is 1. The third-order valence-corrected chi connectivity index (χ3v) is 4.86. The molecule has 0 saturated heterocycles. The molecular formula is C20H17ClFN5O. The predicted molar refractivity (Wildman–Crippen MR) is 109 cm³/mol. The number of allylic oxidation sites excluding steroid dienone is 2. The molecule has 2 aliphatic rings. The van der Waals surface area contributed by atoms with Crippen molar-refractivity contribution in [2.45, 2.75) is 13.0 Å². The Morgan fingerprint density at radius 3 is 2.93 bits per heavy atom. The van der Waals surface area contributed by atoms with Crippen LogP contribution in [0.2, 0.25) is 5.15 Å². The van der Waals surface area contributed by atoms with Crippen molar-refractivity contribution in [3.8, 4) is 5.75 Å². The number of ether oxygens (including phenoxy) is 1. The average molecular weight is 398 g/mol. The lowest BCUT2D eigenvalue weighted by Crippen LogP contribution is -2.38. The van der Waals surface area contributed by atoms with E-state index in [1.165, 1.54) is 12.1 Å². The summed E-state index contributed by atoms with van der Waals surface area (Å²) >= 11 is 5.86. The van der Waals surface area contributed by atoms with Crippen molar-refractivity contribution in [1.82, 2.24) is 9.97 Å². The second-order valence-corrected chi connectivity index (χ2v) is 7.01. The quantitative estimate of drug-likeness (QED) is 0.745. The number of benzene rings is 1. The van der Waals surface area contributed by atoms with E-state index >= 15 is 0 Å². The largest absolute Gasteiger partial charge is 0.482 e. The van der Waals surface area contributed by atoms with Crippen LogP contribution in [0.1, 0.15) is 6.92 Å². The van der Waals surface area contributed by atoms with Crippen LogP contribution in [-0.4, -0.2) is 22.3 Å². The van der Waals surface area contributed by atoms with Gasteiger partial charge < -0.3 is 15.8 Å². The molecule has 2 unspecified atom stereocenters. The molecule has 1 aromatic carbocycles. The second kappa shape index (κ2) is 7.09. The highest BCUT2D eigenvalue weighted by atomic mass is 35.5. The maximum absolute atomic E-state index is 14.7. The highest BCUT2D eigenvalue weighted by Gasteiger charge is 2.38. The van der Waals surface area contributed by atoms with Gasteiger partial charge >= 0.3 is 0 Å². The van der Waals surface area contributed by atoms with E-state index in [0.717, 1.165) is 5.57 Å². The van der Waals surface area contributed by atoms with Crippen LogP contribution in [0.5, 0.6) is 5.75 Å². The number of aliphatic imine (C=N–C) groups is 1. The Bertz CT molecular complexity index is 1030. The molecule has 6 nitrogen and oxygen atoms in total. The number of aromatic nitrogens is 2. The minimum Gasteiger partial charge on any atom is -0.482 e. The number of nitrogens with zero attached hydrogens (tertiary/aromatic N) is 3. The van der Waals surface area contributed by atoms with Crippen LogP contribution in [0.3, 0.4) is 0 Å². The first-order valence-electron chi connectivity index (χ1n) is 8.57. The molecule has 1 aliphatic heterocycles. The summed E-state index contributed by atoms with van der Waals surface area (Å²) in [7, 11) is 0. The number of rotatable bonds is 4. The zero-order valence-corrected chi connectivity index (χ0v) is 15.7. The fourth-order valence-electron chi connectivity index (χ4n) is 3.12. The molecule has 142 valence electrons. The van der Waals surface area contributed by atoms with Crippen LogP contribution in [0.15, 0.2) is 65.3 Å². The summed E-state index contributed by atoms with van der Waals surface area (Å²) < 4.78 is 20.7. The van der Waals surface area contributed by atoms with Gasteiger partial charge in [0.2, 0.25) is 5.95 Å². The molecule has 1 aliphatic carbocycles. The van der Waals surface area contributed by atoms with E-state index in [9.17, 15) is 4.39 Å². The number of nitrogens with one attached hydrogen (secondary N) is 1. The van der Waals surface area contributed by atoms with Gasteiger partial charge in [0.25, 0.3) is 0 Å². The molecular weight excluding hydrogens is 381 g/mol. The lowest BCUT2D eigenvalue weighted by molar-refractivity contribution is 0.156. The molecule has 0 bridgehead atoms. The number of nitrogens with two attached hydrogens (primary N) is 1. The van der Waals surface area contributed by atoms with Crippen LogP contribution in [-0.2, 0) is 0 Å². The van der Waals surface area contributed by atoms with Crippen LogP contribution in [0, 0.1) is 11.2 Å². The van der Waals surface area contributed by atoms with Gasteiger partial charge in [0.15, 0.2) is 11.6 Å². The second-order valence-electron chi connectivity index (χ2n) is 6.63. The number of hydrogen-bond donors (Lipinski definition) is 2. The van der Waals surface area contributed by atoms with E-state index in [1.54, 1.807) is 24.5 Å². The molecule has 8 heteroatoms. The predicted octanol–water partition coefficient (Wildman–Crippen LogP) is 4.44. The molecule has 1 aromatic heterocycles. The third kappa shape index (κ3) is 3.48. The van der Waals surface area contributed by atoms with Gasteiger partial charge in [-0.1, -0.05) is 29.8 Å². The monoisotopic (exact) mass is 397 g/mol. The number of hydrogen-bond acceptors (Lipinski definition) is 6. The first-order chi connectivity index (χ1) is 13.4. The van der Waals surface area contributed by atoms with Gasteiger partial charge in [0.1, 0.15) is 17.1 Å². The fourth-order valence-corrected chi connectivity index (χ4v) is 3.31. The molecule has 0 radical (unpaired) electrons. The maximum Gasteiger partial charge on any atom is 0.223 e. The number of halogens is 2. The van der Waals surface area contributed by atoms with Crippen LogP contribution < -0.4 is 15.8 Å². The van der Waals surface area contributed by atoms with Crippen molar-refractivity contribution >= 4 is 35.3 Å². The lowest BCUT2D eigenvalue weighted by atomic mass is 9.74. The third-order valence-electron chi connectivity index (χ3n) is 4.67. The van der Waals surface area contributed by atoms with Crippen LogP contribution in [0.4, 0.5) is 21.8 Å². The Balaban J connectivity index is 1.54. The van der Waals surface area contributed by atoms with E-state index in [1.807, 2.05) is 31.2 Å². The lowest BCUT2D eigenvalue weighted by Gasteiger charge is -2.37. The van der Waals surface area contributed by atoms with E-state index in [2.05, 4.69) is 20.3 Å². The van der Waals surface area contributed by atoms with Gasteiger partial charge in [-0.15, -0.1) is 0 Å². The molecule has 3 N–H and O–H groups in total. The van der Waals surface area contributed by atoms with E-state index in [4.69, 9.17) is 22.1 Å². The molecule has 0 saturated carbocycles. The Morgan fingerprint density at radius 1 is 1.29 bits per heavy atom. The first kappa shape index (κ1) is 18.2. The molecule has 0 spiro atoms. The SMILES string of the molecule is CC12C=CN=CC1=CC=CC2Oc1ccc(Nc2cc(Cl)nc(N)n2)cc1F. The van der Waals surface area contributed by atoms with Crippen molar-refractivity contribution in [2.75, 3.05) is 11.1 Å². The van der Waals surface area contributed by atoms with Crippen molar-refractivity contribution < 1.29 is 9.13 Å². The average Bonchev–Trinajstić information content (AvgIpc) is 2.63. The van der Waals surface area contributed by atoms with Crippen molar-refractivity contribution in [1.29, 1.82) is 0 Å². The summed E-state index contributed by atoms with van der Waals surface area (Å²) in [6, 6.07) is 6.08. The minimum atomic E-state index is -0.500. The summed E-state index contributed by atoms with van der Waals surface area (Å²) in [5, 5.41) is 3.14. The molecule has 2 atom stereocenters. The maximum atomic E-state index is 14.7. The van der Waals surface area contributed by atoms with Crippen LogP contribution >= 0.6 is 11.6 Å². The smallest absolute Gasteiger partial charge is 0.223 e. The number of anilines is 3. The molecule has 28 heavy (non-hydrogen) atoms.